The molecule has 1 atom stereocenters. The summed E-state index contributed by atoms with van der Waals surface area (Å²) in [4.78, 5) is 24.7. The van der Waals surface area contributed by atoms with Crippen molar-refractivity contribution in [3.8, 4) is 5.75 Å². The molecule has 0 radical (unpaired) electrons. The summed E-state index contributed by atoms with van der Waals surface area (Å²) in [6.45, 7) is 1.54. The normalized spacial score (nSPS) is 15.2. The van der Waals surface area contributed by atoms with E-state index in [1.165, 1.54) is 12.7 Å². The van der Waals surface area contributed by atoms with E-state index >= 15 is 0 Å². The van der Waals surface area contributed by atoms with Crippen molar-refractivity contribution in [3.05, 3.63) is 59.7 Å². The summed E-state index contributed by atoms with van der Waals surface area (Å²) in [5.41, 5.74) is 2.16. The van der Waals surface area contributed by atoms with Crippen molar-refractivity contribution in [3.63, 3.8) is 0 Å². The van der Waals surface area contributed by atoms with Crippen LogP contribution in [0, 0.1) is 0 Å². The van der Waals surface area contributed by atoms with Crippen molar-refractivity contribution in [2.24, 2.45) is 0 Å². The van der Waals surface area contributed by atoms with E-state index in [9.17, 15) is 9.59 Å². The van der Waals surface area contributed by atoms with E-state index in [1.807, 2.05) is 41.7 Å². The number of ether oxygens (including phenoxy) is 2. The van der Waals surface area contributed by atoms with Gasteiger partial charge in [-0.1, -0.05) is 24.3 Å². The second kappa shape index (κ2) is 9.19. The Hall–Kier alpha value is -2.12. The summed E-state index contributed by atoms with van der Waals surface area (Å²) >= 11 is 3.82. The molecule has 0 spiro atoms. The van der Waals surface area contributed by atoms with Crippen LogP contribution < -0.4 is 10.1 Å². The highest BCUT2D eigenvalue weighted by molar-refractivity contribution is 8.19. The Bertz CT molecular complexity index is 804. The fraction of sp³-hybridized carbons (Fsp3) is 0.300. The van der Waals surface area contributed by atoms with Crippen LogP contribution in [-0.4, -0.2) is 36.6 Å². The minimum atomic E-state index is -0.928. The van der Waals surface area contributed by atoms with E-state index in [-0.39, 0.29) is 0 Å². The Labute approximate surface area is 167 Å². The van der Waals surface area contributed by atoms with Crippen LogP contribution in [0.1, 0.15) is 27.4 Å². The third-order valence-corrected chi connectivity index (χ3v) is 7.16. The van der Waals surface area contributed by atoms with Gasteiger partial charge in [-0.15, -0.1) is 23.5 Å². The summed E-state index contributed by atoms with van der Waals surface area (Å²) in [7, 11) is 1.53. The number of amides is 1. The maximum atomic E-state index is 12.3. The first-order chi connectivity index (χ1) is 13.1. The Morgan fingerprint density at radius 1 is 1.07 bits per heavy atom. The highest BCUT2D eigenvalue weighted by atomic mass is 32.2. The zero-order valence-electron chi connectivity index (χ0n) is 15.1. The average Bonchev–Trinajstić information content (AvgIpc) is 3.23. The lowest BCUT2D eigenvalue weighted by Gasteiger charge is -2.15. The van der Waals surface area contributed by atoms with E-state index < -0.39 is 18.0 Å². The zero-order valence-corrected chi connectivity index (χ0v) is 16.8. The van der Waals surface area contributed by atoms with Crippen LogP contribution in [0.4, 0.5) is 5.69 Å². The first-order valence-corrected chi connectivity index (χ1v) is 10.7. The molecule has 27 heavy (non-hydrogen) atoms. The molecule has 1 saturated heterocycles. The van der Waals surface area contributed by atoms with Crippen molar-refractivity contribution < 1.29 is 19.1 Å². The highest BCUT2D eigenvalue weighted by Crippen LogP contribution is 2.45. The number of hydrogen-bond acceptors (Lipinski definition) is 6. The Balaban J connectivity index is 1.58. The van der Waals surface area contributed by atoms with Gasteiger partial charge in [-0.2, -0.15) is 0 Å². The van der Waals surface area contributed by atoms with Gasteiger partial charge in [-0.05, 0) is 36.8 Å². The van der Waals surface area contributed by atoms with Crippen LogP contribution in [0.3, 0.4) is 0 Å². The zero-order chi connectivity index (χ0) is 19.2. The van der Waals surface area contributed by atoms with E-state index in [0.717, 1.165) is 11.5 Å². The quantitative estimate of drug-likeness (QED) is 0.723. The molecule has 1 fully saturated rings. The van der Waals surface area contributed by atoms with Gasteiger partial charge in [-0.3, -0.25) is 4.79 Å². The standard InChI is InChI=1S/C20H21NO4S2/c1-13(18(22)21-16-5-3-4-6-17(16)24-2)25-19(23)14-7-9-15(10-8-14)20-26-11-12-27-20/h3-10,13,20H,11-12H2,1-2H3,(H,21,22)/t13-/m0/s1. The predicted molar refractivity (Wildman–Crippen MR) is 111 cm³/mol. The Morgan fingerprint density at radius 3 is 2.41 bits per heavy atom. The van der Waals surface area contributed by atoms with Crippen LogP contribution in [0.5, 0.6) is 5.75 Å². The summed E-state index contributed by atoms with van der Waals surface area (Å²) < 4.78 is 10.9. The van der Waals surface area contributed by atoms with E-state index in [2.05, 4.69) is 5.32 Å². The number of carbonyl (C=O) groups excluding carboxylic acids is 2. The molecule has 0 aliphatic carbocycles. The van der Waals surface area contributed by atoms with Crippen LogP contribution in [0.25, 0.3) is 0 Å². The molecule has 3 rings (SSSR count). The van der Waals surface area contributed by atoms with Gasteiger partial charge in [0.2, 0.25) is 0 Å². The third kappa shape index (κ3) is 4.99. The molecule has 5 nitrogen and oxygen atoms in total. The number of hydrogen-bond donors (Lipinski definition) is 1. The molecule has 7 heteroatoms. The molecular weight excluding hydrogens is 382 g/mol. The van der Waals surface area contributed by atoms with Gasteiger partial charge in [0.15, 0.2) is 6.10 Å². The molecule has 0 aromatic heterocycles. The molecule has 1 amide bonds. The molecule has 0 bridgehead atoms. The number of benzene rings is 2. The van der Waals surface area contributed by atoms with Crippen molar-refractivity contribution in [1.82, 2.24) is 0 Å². The molecule has 1 heterocycles. The summed E-state index contributed by atoms with van der Waals surface area (Å²) in [5, 5.41) is 2.72. The van der Waals surface area contributed by atoms with Gasteiger partial charge in [-0.25, -0.2) is 4.79 Å². The number of esters is 1. The topological polar surface area (TPSA) is 64.6 Å². The number of carbonyl (C=O) groups is 2. The third-order valence-electron chi connectivity index (χ3n) is 4.06. The minimum Gasteiger partial charge on any atom is -0.495 e. The first-order valence-electron chi connectivity index (χ1n) is 8.56. The second-order valence-corrected chi connectivity index (χ2v) is 8.66. The monoisotopic (exact) mass is 403 g/mol. The van der Waals surface area contributed by atoms with E-state index in [1.54, 1.807) is 37.3 Å². The predicted octanol–water partition coefficient (Wildman–Crippen LogP) is 4.36. The van der Waals surface area contributed by atoms with Gasteiger partial charge in [0.05, 0.1) is 22.9 Å². The molecule has 1 aliphatic rings. The number of para-hydroxylation sites is 2. The number of anilines is 1. The molecule has 2 aromatic carbocycles. The van der Waals surface area contributed by atoms with Crippen molar-refractivity contribution in [2.45, 2.75) is 17.6 Å². The van der Waals surface area contributed by atoms with Crippen molar-refractivity contribution in [2.75, 3.05) is 23.9 Å². The largest absolute Gasteiger partial charge is 0.495 e. The molecule has 0 saturated carbocycles. The summed E-state index contributed by atoms with van der Waals surface area (Å²) in [6, 6.07) is 14.5. The number of nitrogens with one attached hydrogen (secondary N) is 1. The molecule has 1 N–H and O–H groups in total. The van der Waals surface area contributed by atoms with Crippen LogP contribution in [0.15, 0.2) is 48.5 Å². The number of rotatable bonds is 6. The Morgan fingerprint density at radius 2 is 1.74 bits per heavy atom. The Kier molecular flexibility index (Phi) is 6.68. The van der Waals surface area contributed by atoms with Gasteiger partial charge in [0, 0.05) is 11.5 Å². The van der Waals surface area contributed by atoms with Gasteiger partial charge in [0.25, 0.3) is 5.91 Å². The van der Waals surface area contributed by atoms with Crippen molar-refractivity contribution in [1.29, 1.82) is 0 Å². The summed E-state index contributed by atoms with van der Waals surface area (Å²) in [5.74, 6) is 1.91. The van der Waals surface area contributed by atoms with Crippen LogP contribution in [0.2, 0.25) is 0 Å². The van der Waals surface area contributed by atoms with Crippen molar-refractivity contribution >= 4 is 41.1 Å². The fourth-order valence-corrected chi connectivity index (χ4v) is 5.45. The SMILES string of the molecule is COc1ccccc1NC(=O)[C@H](C)OC(=O)c1ccc(C2SCCS2)cc1. The lowest BCUT2D eigenvalue weighted by Crippen LogP contribution is -2.30. The number of thioether (sulfide) groups is 2. The minimum absolute atomic E-state index is 0.414. The fourth-order valence-electron chi connectivity index (χ4n) is 2.59. The maximum Gasteiger partial charge on any atom is 0.338 e. The highest BCUT2D eigenvalue weighted by Gasteiger charge is 2.21. The molecule has 142 valence electrons. The molecule has 1 aliphatic heterocycles. The number of methoxy groups -OCH3 is 1. The first kappa shape index (κ1) is 19.6. The maximum absolute atomic E-state index is 12.3. The molecular formula is C20H21NO4S2. The lowest BCUT2D eigenvalue weighted by atomic mass is 10.1. The van der Waals surface area contributed by atoms with Gasteiger partial charge in [0.1, 0.15) is 5.75 Å². The second-order valence-electron chi connectivity index (χ2n) is 5.93. The lowest BCUT2D eigenvalue weighted by molar-refractivity contribution is -0.123. The summed E-state index contributed by atoms with van der Waals surface area (Å²) in [6.07, 6.45) is -0.928. The molecule has 2 aromatic rings. The van der Waals surface area contributed by atoms with Gasteiger partial charge < -0.3 is 14.8 Å². The van der Waals surface area contributed by atoms with Crippen LogP contribution in [-0.2, 0) is 9.53 Å². The van der Waals surface area contributed by atoms with Gasteiger partial charge >= 0.3 is 5.97 Å². The van der Waals surface area contributed by atoms with E-state index in [4.69, 9.17) is 9.47 Å². The average molecular weight is 404 g/mol. The molecule has 0 unspecified atom stereocenters. The van der Waals surface area contributed by atoms with E-state index in [0.29, 0.717) is 21.6 Å². The van der Waals surface area contributed by atoms with Crippen LogP contribution >= 0.6 is 23.5 Å². The smallest absolute Gasteiger partial charge is 0.338 e.